The van der Waals surface area contributed by atoms with Crippen molar-refractivity contribution >= 4 is 11.6 Å². The predicted octanol–water partition coefficient (Wildman–Crippen LogP) is 2.15. The highest BCUT2D eigenvalue weighted by molar-refractivity contribution is 5.78. The number of carbonyl (C=O) groups is 1. The van der Waals surface area contributed by atoms with Gasteiger partial charge in [-0.1, -0.05) is 12.1 Å². The van der Waals surface area contributed by atoms with E-state index in [1.54, 1.807) is 24.3 Å². The molecule has 0 atom stereocenters. The first-order chi connectivity index (χ1) is 14.1. The van der Waals surface area contributed by atoms with Gasteiger partial charge in [-0.25, -0.2) is 8.78 Å². The zero-order valence-corrected chi connectivity index (χ0v) is 15.9. The van der Waals surface area contributed by atoms with Crippen LogP contribution in [0.3, 0.4) is 0 Å². The van der Waals surface area contributed by atoms with Gasteiger partial charge in [-0.15, -0.1) is 0 Å². The van der Waals surface area contributed by atoms with Crippen molar-refractivity contribution in [1.29, 1.82) is 5.26 Å². The van der Waals surface area contributed by atoms with Crippen LogP contribution in [0, 0.1) is 23.0 Å². The van der Waals surface area contributed by atoms with E-state index in [0.29, 0.717) is 44.2 Å². The minimum Gasteiger partial charge on any atom is -0.492 e. The van der Waals surface area contributed by atoms with Crippen molar-refractivity contribution in [1.82, 2.24) is 10.2 Å². The molecule has 0 unspecified atom stereocenters. The molecule has 1 amide bonds. The van der Waals surface area contributed by atoms with E-state index in [2.05, 4.69) is 5.32 Å². The molecule has 0 aliphatic carbocycles. The summed E-state index contributed by atoms with van der Waals surface area (Å²) < 4.78 is 32.2. The molecule has 1 saturated heterocycles. The molecule has 152 valence electrons. The molecule has 0 radical (unpaired) electrons. The minimum absolute atomic E-state index is 0.0528. The van der Waals surface area contributed by atoms with Gasteiger partial charge in [0.1, 0.15) is 35.6 Å². The molecule has 2 aromatic rings. The van der Waals surface area contributed by atoms with Gasteiger partial charge >= 0.3 is 0 Å². The Balaban J connectivity index is 1.39. The summed E-state index contributed by atoms with van der Waals surface area (Å²) >= 11 is 0. The molecule has 6 nitrogen and oxygen atoms in total. The Morgan fingerprint density at radius 3 is 2.62 bits per heavy atom. The summed E-state index contributed by atoms with van der Waals surface area (Å²) in [5.41, 5.74) is 0.642. The highest BCUT2D eigenvalue weighted by Gasteiger charge is 2.21. The van der Waals surface area contributed by atoms with Crippen LogP contribution in [0.25, 0.3) is 0 Å². The normalized spacial score (nSPS) is 14.3. The molecule has 1 heterocycles. The number of nitrogens with zero attached hydrogens (tertiary/aromatic N) is 3. The minimum atomic E-state index is -0.521. The number of carbonyl (C=O) groups excluding carboxylic acids is 1. The van der Waals surface area contributed by atoms with E-state index in [1.165, 1.54) is 18.2 Å². The molecule has 0 saturated carbocycles. The SMILES string of the molecule is N#Cc1c(F)cccc1N1CCN(CC(=O)NCCOc2cccc(F)c2)CC1. The number of amides is 1. The lowest BCUT2D eigenvalue weighted by molar-refractivity contribution is -0.122. The number of hydrogen-bond donors (Lipinski definition) is 1. The van der Waals surface area contributed by atoms with Crippen molar-refractivity contribution in [2.24, 2.45) is 0 Å². The Kier molecular flexibility index (Phi) is 6.98. The molecule has 0 bridgehead atoms. The summed E-state index contributed by atoms with van der Waals surface area (Å²) in [5.74, 6) is -0.590. The number of piperazine rings is 1. The van der Waals surface area contributed by atoms with E-state index in [4.69, 9.17) is 4.74 Å². The lowest BCUT2D eigenvalue weighted by Crippen LogP contribution is -2.50. The first-order valence-electron chi connectivity index (χ1n) is 9.38. The van der Waals surface area contributed by atoms with Crippen molar-refractivity contribution in [2.75, 3.05) is 50.8 Å². The maximum atomic E-state index is 13.8. The van der Waals surface area contributed by atoms with E-state index in [9.17, 15) is 18.8 Å². The number of anilines is 1. The van der Waals surface area contributed by atoms with Gasteiger partial charge in [0.05, 0.1) is 18.8 Å². The summed E-state index contributed by atoms with van der Waals surface area (Å²) in [6.45, 7) is 3.30. The molecular formula is C21H22F2N4O2. The van der Waals surface area contributed by atoms with Crippen molar-refractivity contribution in [3.63, 3.8) is 0 Å². The van der Waals surface area contributed by atoms with Gasteiger partial charge < -0.3 is 15.0 Å². The standard InChI is InChI=1S/C21H22F2N4O2/c22-16-3-1-4-17(13-16)29-12-7-25-21(28)15-26-8-10-27(11-9-26)20-6-2-5-19(23)18(20)14-24/h1-6,13H,7-12,15H2,(H,25,28). The molecule has 3 rings (SSSR count). The summed E-state index contributed by atoms with van der Waals surface area (Å²) in [7, 11) is 0. The van der Waals surface area contributed by atoms with Crippen molar-refractivity contribution < 1.29 is 18.3 Å². The van der Waals surface area contributed by atoms with Crippen molar-refractivity contribution in [3.05, 3.63) is 59.7 Å². The van der Waals surface area contributed by atoms with E-state index in [-0.39, 0.29) is 30.4 Å². The number of ether oxygens (including phenoxy) is 1. The Bertz CT molecular complexity index is 892. The fraction of sp³-hybridized carbons (Fsp3) is 0.333. The third-order valence-electron chi connectivity index (χ3n) is 4.67. The predicted molar refractivity (Wildman–Crippen MR) is 105 cm³/mol. The fourth-order valence-corrected chi connectivity index (χ4v) is 3.21. The first-order valence-corrected chi connectivity index (χ1v) is 9.38. The van der Waals surface area contributed by atoms with E-state index in [0.717, 1.165) is 0 Å². The maximum absolute atomic E-state index is 13.8. The van der Waals surface area contributed by atoms with Gasteiger partial charge in [-0.3, -0.25) is 9.69 Å². The second-order valence-corrected chi connectivity index (χ2v) is 6.66. The summed E-state index contributed by atoms with van der Waals surface area (Å²) in [4.78, 5) is 16.1. The first kappa shape index (κ1) is 20.6. The van der Waals surface area contributed by atoms with Crippen LogP contribution in [0.2, 0.25) is 0 Å². The molecule has 1 aliphatic rings. The molecule has 1 fully saturated rings. The lowest BCUT2D eigenvalue weighted by Gasteiger charge is -2.36. The second-order valence-electron chi connectivity index (χ2n) is 6.66. The zero-order valence-electron chi connectivity index (χ0n) is 15.9. The van der Waals surface area contributed by atoms with Crippen LogP contribution in [0.4, 0.5) is 14.5 Å². The smallest absolute Gasteiger partial charge is 0.234 e. The summed E-state index contributed by atoms with van der Waals surface area (Å²) in [5, 5.41) is 12.0. The van der Waals surface area contributed by atoms with Crippen LogP contribution < -0.4 is 15.0 Å². The van der Waals surface area contributed by atoms with Gasteiger partial charge in [-0.05, 0) is 24.3 Å². The highest BCUT2D eigenvalue weighted by atomic mass is 19.1. The number of halogens is 2. The van der Waals surface area contributed by atoms with Crippen molar-refractivity contribution in [3.8, 4) is 11.8 Å². The van der Waals surface area contributed by atoms with Gasteiger partial charge in [0.15, 0.2) is 0 Å². The van der Waals surface area contributed by atoms with Crippen LogP contribution in [-0.2, 0) is 4.79 Å². The van der Waals surface area contributed by atoms with Crippen molar-refractivity contribution in [2.45, 2.75) is 0 Å². The lowest BCUT2D eigenvalue weighted by atomic mass is 10.1. The summed E-state index contributed by atoms with van der Waals surface area (Å²) in [6, 6.07) is 12.4. The molecule has 0 spiro atoms. The molecule has 1 aliphatic heterocycles. The Hall–Kier alpha value is -3.18. The molecule has 29 heavy (non-hydrogen) atoms. The number of benzene rings is 2. The van der Waals surface area contributed by atoms with Crippen LogP contribution in [0.5, 0.6) is 5.75 Å². The van der Waals surface area contributed by atoms with E-state index < -0.39 is 5.82 Å². The van der Waals surface area contributed by atoms with E-state index in [1.807, 2.05) is 15.9 Å². The van der Waals surface area contributed by atoms with Gasteiger partial charge in [-0.2, -0.15) is 5.26 Å². The third kappa shape index (κ3) is 5.65. The van der Waals surface area contributed by atoms with Gasteiger partial charge in [0.25, 0.3) is 0 Å². The monoisotopic (exact) mass is 400 g/mol. The average molecular weight is 400 g/mol. The average Bonchev–Trinajstić information content (AvgIpc) is 2.72. The molecule has 1 N–H and O–H groups in total. The third-order valence-corrected chi connectivity index (χ3v) is 4.67. The van der Waals surface area contributed by atoms with Gasteiger partial charge in [0, 0.05) is 32.2 Å². The highest BCUT2D eigenvalue weighted by Crippen LogP contribution is 2.23. The largest absolute Gasteiger partial charge is 0.492 e. The fourth-order valence-electron chi connectivity index (χ4n) is 3.21. The quantitative estimate of drug-likeness (QED) is 0.722. The molecule has 0 aromatic heterocycles. The van der Waals surface area contributed by atoms with Crippen LogP contribution in [-0.4, -0.2) is 56.7 Å². The summed E-state index contributed by atoms with van der Waals surface area (Å²) in [6.07, 6.45) is 0. The Morgan fingerprint density at radius 2 is 1.90 bits per heavy atom. The Morgan fingerprint density at radius 1 is 1.14 bits per heavy atom. The molecule has 2 aromatic carbocycles. The van der Waals surface area contributed by atoms with Gasteiger partial charge in [0.2, 0.25) is 5.91 Å². The number of nitriles is 1. The van der Waals surface area contributed by atoms with Crippen LogP contribution in [0.15, 0.2) is 42.5 Å². The maximum Gasteiger partial charge on any atom is 0.234 e. The number of rotatable bonds is 7. The Labute approximate surface area is 168 Å². The molecule has 8 heteroatoms. The number of hydrogen-bond acceptors (Lipinski definition) is 5. The van der Waals surface area contributed by atoms with E-state index >= 15 is 0 Å². The topological polar surface area (TPSA) is 68.6 Å². The molecular weight excluding hydrogens is 378 g/mol. The zero-order chi connectivity index (χ0) is 20.6. The second kappa shape index (κ2) is 9.85. The van der Waals surface area contributed by atoms with Crippen LogP contribution >= 0.6 is 0 Å². The number of nitrogens with one attached hydrogen (secondary N) is 1. The van der Waals surface area contributed by atoms with Crippen LogP contribution in [0.1, 0.15) is 5.56 Å².